The lowest BCUT2D eigenvalue weighted by molar-refractivity contribution is -0.124. The molecule has 1 atom stereocenters. The number of allylic oxidation sites excluding steroid dienone is 2. The van der Waals surface area contributed by atoms with Crippen molar-refractivity contribution < 1.29 is 18.7 Å². The molecule has 0 saturated carbocycles. The predicted octanol–water partition coefficient (Wildman–Crippen LogP) is 0.748. The van der Waals surface area contributed by atoms with Gasteiger partial charge in [-0.1, -0.05) is 6.08 Å². The van der Waals surface area contributed by atoms with Crippen LogP contribution in [0.25, 0.3) is 0 Å². The summed E-state index contributed by atoms with van der Waals surface area (Å²) in [5.74, 6) is 0.110. The van der Waals surface area contributed by atoms with E-state index >= 15 is 0 Å². The van der Waals surface area contributed by atoms with Crippen molar-refractivity contribution >= 4 is 12.2 Å². The number of hydrogen-bond acceptors (Lipinski definition) is 3. The number of hydrogen-bond donors (Lipinski definition) is 1. The minimum atomic E-state index is -0.533. The maximum absolute atomic E-state index is 11.8. The lowest BCUT2D eigenvalue weighted by atomic mass is 9.99. The topological polar surface area (TPSA) is 55.4 Å². The maximum Gasteiger partial charge on any atom is 0.227 e. The molecular formula is C11H14FNO3. The van der Waals surface area contributed by atoms with Crippen LogP contribution in [-0.2, 0) is 14.3 Å². The average Bonchev–Trinajstić information content (AvgIpc) is 2.34. The van der Waals surface area contributed by atoms with Crippen LogP contribution in [0.3, 0.4) is 0 Å². The molecule has 0 bridgehead atoms. The van der Waals surface area contributed by atoms with Gasteiger partial charge in [0.05, 0.1) is 12.5 Å². The van der Waals surface area contributed by atoms with Crippen molar-refractivity contribution in [2.24, 2.45) is 5.92 Å². The molecule has 1 aliphatic rings. The number of nitrogens with one attached hydrogen (secondary N) is 1. The zero-order valence-electron chi connectivity index (χ0n) is 8.82. The third kappa shape index (κ3) is 3.84. The highest BCUT2D eigenvalue weighted by Gasteiger charge is 2.16. The molecule has 4 nitrogen and oxygen atoms in total. The van der Waals surface area contributed by atoms with Gasteiger partial charge in [-0.25, -0.2) is 4.39 Å². The summed E-state index contributed by atoms with van der Waals surface area (Å²) in [6.07, 6.45) is 6.21. The summed E-state index contributed by atoms with van der Waals surface area (Å²) in [5.41, 5.74) is 0. The highest BCUT2D eigenvalue weighted by Crippen LogP contribution is 2.17. The van der Waals surface area contributed by atoms with Crippen LogP contribution >= 0.6 is 0 Å². The van der Waals surface area contributed by atoms with E-state index in [-0.39, 0.29) is 25.0 Å². The van der Waals surface area contributed by atoms with E-state index in [2.05, 4.69) is 5.32 Å². The van der Waals surface area contributed by atoms with Crippen molar-refractivity contribution in [3.8, 4) is 0 Å². The van der Waals surface area contributed by atoms with E-state index in [9.17, 15) is 14.0 Å². The molecule has 1 amide bonds. The fourth-order valence-electron chi connectivity index (χ4n) is 1.33. The first-order valence-electron chi connectivity index (χ1n) is 5.06. The molecule has 0 aromatic heterocycles. The molecule has 1 N–H and O–H groups in total. The second kappa shape index (κ2) is 6.76. The second-order valence-corrected chi connectivity index (χ2v) is 3.26. The Bertz CT molecular complexity index is 312. The molecule has 0 saturated heterocycles. The Kier molecular flexibility index (Phi) is 5.25. The van der Waals surface area contributed by atoms with Gasteiger partial charge in [0.15, 0.2) is 0 Å². The van der Waals surface area contributed by atoms with E-state index in [1.807, 2.05) is 0 Å². The SMILES string of the molecule is O=CCNC(=O)C1C=CC(OCCF)=CC1. The summed E-state index contributed by atoms with van der Waals surface area (Å²) in [6.45, 7) is -0.481. The summed E-state index contributed by atoms with van der Waals surface area (Å²) < 4.78 is 16.9. The first kappa shape index (κ1) is 12.4. The molecule has 0 radical (unpaired) electrons. The first-order valence-corrected chi connectivity index (χ1v) is 5.06. The fraction of sp³-hybridized carbons (Fsp3) is 0.455. The predicted molar refractivity (Wildman–Crippen MR) is 56.3 cm³/mol. The van der Waals surface area contributed by atoms with Crippen molar-refractivity contribution in [1.29, 1.82) is 0 Å². The Morgan fingerprint density at radius 1 is 1.69 bits per heavy atom. The van der Waals surface area contributed by atoms with E-state index < -0.39 is 6.67 Å². The number of carbonyl (C=O) groups is 2. The number of rotatable bonds is 6. The van der Waals surface area contributed by atoms with E-state index in [0.29, 0.717) is 18.5 Å². The normalized spacial score (nSPS) is 18.8. The number of aldehydes is 1. The molecular weight excluding hydrogens is 213 g/mol. The van der Waals surface area contributed by atoms with Gasteiger partial charge >= 0.3 is 0 Å². The van der Waals surface area contributed by atoms with E-state index in [1.165, 1.54) is 0 Å². The van der Waals surface area contributed by atoms with Gasteiger partial charge in [0.1, 0.15) is 25.3 Å². The van der Waals surface area contributed by atoms with Crippen LogP contribution in [0.15, 0.2) is 24.0 Å². The number of halogens is 1. The quantitative estimate of drug-likeness (QED) is 0.681. The summed E-state index contributed by atoms with van der Waals surface area (Å²) in [5, 5.41) is 2.47. The number of amides is 1. The van der Waals surface area contributed by atoms with E-state index in [0.717, 1.165) is 0 Å². The Balaban J connectivity index is 2.36. The van der Waals surface area contributed by atoms with Crippen LogP contribution in [0, 0.1) is 5.92 Å². The molecule has 1 aliphatic carbocycles. The molecule has 16 heavy (non-hydrogen) atoms. The zero-order valence-corrected chi connectivity index (χ0v) is 8.82. The maximum atomic E-state index is 11.8. The highest BCUT2D eigenvalue weighted by atomic mass is 19.1. The third-order valence-corrected chi connectivity index (χ3v) is 2.11. The summed E-state index contributed by atoms with van der Waals surface area (Å²) in [7, 11) is 0. The van der Waals surface area contributed by atoms with E-state index in [4.69, 9.17) is 4.74 Å². The van der Waals surface area contributed by atoms with Gasteiger partial charge in [-0.05, 0) is 18.6 Å². The van der Waals surface area contributed by atoms with Gasteiger partial charge in [-0.15, -0.1) is 0 Å². The summed E-state index contributed by atoms with van der Waals surface area (Å²) >= 11 is 0. The standard InChI is InChI=1S/C11H14FNO3/c12-5-8-16-10-3-1-9(2-4-10)11(15)13-6-7-14/h1,3-4,7,9H,2,5-6,8H2,(H,13,15). The van der Waals surface area contributed by atoms with Crippen molar-refractivity contribution in [2.45, 2.75) is 6.42 Å². The molecule has 0 heterocycles. The van der Waals surface area contributed by atoms with Gasteiger partial charge in [0.25, 0.3) is 0 Å². The van der Waals surface area contributed by atoms with Crippen LogP contribution in [-0.4, -0.2) is 32.0 Å². The Labute approximate surface area is 93.2 Å². The van der Waals surface area contributed by atoms with Crippen molar-refractivity contribution in [3.05, 3.63) is 24.0 Å². The fourth-order valence-corrected chi connectivity index (χ4v) is 1.33. The number of carbonyl (C=O) groups excluding carboxylic acids is 2. The minimum Gasteiger partial charge on any atom is -0.491 e. The molecule has 0 aliphatic heterocycles. The van der Waals surface area contributed by atoms with Crippen molar-refractivity contribution in [2.75, 3.05) is 19.8 Å². The summed E-state index contributed by atoms with van der Waals surface area (Å²) in [6, 6.07) is 0. The van der Waals surface area contributed by atoms with Gasteiger partial charge in [0.2, 0.25) is 5.91 Å². The van der Waals surface area contributed by atoms with Crippen molar-refractivity contribution in [1.82, 2.24) is 5.32 Å². The number of alkyl halides is 1. The molecule has 0 spiro atoms. The largest absolute Gasteiger partial charge is 0.491 e. The zero-order chi connectivity index (χ0) is 11.8. The molecule has 88 valence electrons. The van der Waals surface area contributed by atoms with E-state index in [1.54, 1.807) is 18.2 Å². The Morgan fingerprint density at radius 2 is 2.50 bits per heavy atom. The van der Waals surface area contributed by atoms with Gasteiger partial charge in [0, 0.05) is 0 Å². The Hall–Kier alpha value is -1.65. The van der Waals surface area contributed by atoms with Crippen LogP contribution in [0.1, 0.15) is 6.42 Å². The lowest BCUT2D eigenvalue weighted by Crippen LogP contribution is -2.31. The molecule has 1 unspecified atom stereocenters. The highest BCUT2D eigenvalue weighted by molar-refractivity contribution is 5.82. The third-order valence-electron chi connectivity index (χ3n) is 2.11. The molecule has 0 aromatic rings. The van der Waals surface area contributed by atoms with Crippen LogP contribution in [0.4, 0.5) is 4.39 Å². The molecule has 5 heteroatoms. The number of ether oxygens (including phenoxy) is 1. The van der Waals surface area contributed by atoms with Gasteiger partial charge in [-0.3, -0.25) is 4.79 Å². The minimum absolute atomic E-state index is 0.0259. The smallest absolute Gasteiger partial charge is 0.227 e. The Morgan fingerprint density at radius 3 is 3.06 bits per heavy atom. The average molecular weight is 227 g/mol. The molecule has 0 aromatic carbocycles. The monoisotopic (exact) mass is 227 g/mol. The second-order valence-electron chi connectivity index (χ2n) is 3.26. The van der Waals surface area contributed by atoms with Crippen molar-refractivity contribution in [3.63, 3.8) is 0 Å². The van der Waals surface area contributed by atoms with Crippen LogP contribution in [0.2, 0.25) is 0 Å². The van der Waals surface area contributed by atoms with Gasteiger partial charge < -0.3 is 14.8 Å². The lowest BCUT2D eigenvalue weighted by Gasteiger charge is -2.15. The van der Waals surface area contributed by atoms with Crippen LogP contribution < -0.4 is 5.32 Å². The molecule has 0 fully saturated rings. The first-order chi connectivity index (χ1) is 7.77. The van der Waals surface area contributed by atoms with Gasteiger partial charge in [-0.2, -0.15) is 0 Å². The summed E-state index contributed by atoms with van der Waals surface area (Å²) in [4.78, 5) is 21.5. The molecule has 1 rings (SSSR count). The van der Waals surface area contributed by atoms with Crippen LogP contribution in [0.5, 0.6) is 0 Å².